The molecule has 0 aliphatic carbocycles. The minimum atomic E-state index is -1.80. The van der Waals surface area contributed by atoms with Crippen LogP contribution in [0.5, 0.6) is 0 Å². The van der Waals surface area contributed by atoms with Gasteiger partial charge in [0.15, 0.2) is 5.58 Å². The molecule has 1 atom stereocenters. The maximum absolute atomic E-state index is 11.8. The fourth-order valence-corrected chi connectivity index (χ4v) is 3.00. The van der Waals surface area contributed by atoms with Gasteiger partial charge in [0.05, 0.1) is 0 Å². The average Bonchev–Trinajstić information content (AvgIpc) is 2.31. The summed E-state index contributed by atoms with van der Waals surface area (Å²) in [5.74, 6) is 0. The monoisotopic (exact) mass is 249 g/mol. The Bertz CT molecular complexity index is 749. The highest BCUT2D eigenvalue weighted by atomic mass is 35.5. The molecule has 0 saturated heterocycles. The van der Waals surface area contributed by atoms with Crippen molar-refractivity contribution < 1.29 is 8.76 Å². The van der Waals surface area contributed by atoms with Gasteiger partial charge in [-0.1, -0.05) is 23.7 Å². The maximum atomic E-state index is 11.8. The van der Waals surface area contributed by atoms with E-state index in [1.165, 1.54) is 0 Å². The van der Waals surface area contributed by atoms with Crippen LogP contribution in [0.1, 0.15) is 0 Å². The topological polar surface area (TPSA) is 30.2 Å². The number of rotatable bonds is 0. The van der Waals surface area contributed by atoms with Crippen LogP contribution in [0.4, 0.5) is 0 Å². The van der Waals surface area contributed by atoms with Crippen molar-refractivity contribution in [1.82, 2.24) is 0 Å². The van der Waals surface area contributed by atoms with E-state index in [1.54, 1.807) is 12.1 Å². The molecule has 3 rings (SSSR count). The molecule has 0 fully saturated rings. The Morgan fingerprint density at radius 1 is 1.06 bits per heavy atom. The molecule has 0 radical (unpaired) electrons. The van der Waals surface area contributed by atoms with Crippen molar-refractivity contribution in [1.29, 1.82) is 0 Å². The molecule has 2 nitrogen and oxygen atoms in total. The molecule has 1 aromatic heterocycles. The van der Waals surface area contributed by atoms with Crippen molar-refractivity contribution in [2.24, 2.45) is 0 Å². The first-order chi connectivity index (χ1) is 7.75. The second-order valence-corrected chi connectivity index (χ2v) is 5.12. The van der Waals surface area contributed by atoms with Crippen LogP contribution in [-0.4, -0.2) is 0 Å². The summed E-state index contributed by atoms with van der Waals surface area (Å²) in [6.07, 6.45) is 0. The SMILES string of the molecule is O=[p+]1oc2ccc(Cl)cc2c2ccccc21. The van der Waals surface area contributed by atoms with Crippen molar-refractivity contribution in [3.05, 3.63) is 47.5 Å². The molecule has 0 bridgehead atoms. The van der Waals surface area contributed by atoms with E-state index in [0.29, 0.717) is 10.6 Å². The summed E-state index contributed by atoms with van der Waals surface area (Å²) in [5, 5.41) is 3.21. The molecule has 4 heteroatoms. The summed E-state index contributed by atoms with van der Waals surface area (Å²) in [6, 6.07) is 12.8. The summed E-state index contributed by atoms with van der Waals surface area (Å²) >= 11 is 5.95. The first-order valence-electron chi connectivity index (χ1n) is 4.80. The minimum Gasteiger partial charge on any atom is -0.250 e. The van der Waals surface area contributed by atoms with Gasteiger partial charge in [-0.25, -0.2) is 4.20 Å². The third-order valence-corrected chi connectivity index (χ3v) is 3.89. The minimum absolute atomic E-state index is 0.629. The van der Waals surface area contributed by atoms with E-state index in [2.05, 4.69) is 0 Å². The van der Waals surface area contributed by atoms with E-state index in [0.717, 1.165) is 15.9 Å². The molecule has 0 spiro atoms. The Morgan fingerprint density at radius 3 is 2.75 bits per heavy atom. The van der Waals surface area contributed by atoms with Crippen LogP contribution in [0.3, 0.4) is 0 Å². The second kappa shape index (κ2) is 3.58. The van der Waals surface area contributed by atoms with E-state index in [4.69, 9.17) is 15.8 Å². The highest BCUT2D eigenvalue weighted by molar-refractivity contribution is 7.37. The number of benzene rings is 2. The van der Waals surface area contributed by atoms with Crippen molar-refractivity contribution in [2.75, 3.05) is 0 Å². The lowest BCUT2D eigenvalue weighted by Crippen LogP contribution is -1.75. The fraction of sp³-hybridized carbons (Fsp3) is 0. The maximum Gasteiger partial charge on any atom is 0.597 e. The standard InChI is InChI=1S/C12H7ClO2P/c13-8-5-6-11-10(7-8)9-3-1-2-4-12(9)16(14)15-11/h1-7H/q+1. The zero-order chi connectivity index (χ0) is 11.1. The van der Waals surface area contributed by atoms with Gasteiger partial charge in [0.2, 0.25) is 5.12 Å². The van der Waals surface area contributed by atoms with Crippen molar-refractivity contribution in [3.8, 4) is 0 Å². The van der Waals surface area contributed by atoms with Gasteiger partial charge in [-0.2, -0.15) is 0 Å². The first kappa shape index (κ1) is 9.83. The molecular weight excluding hydrogens is 243 g/mol. The van der Waals surface area contributed by atoms with E-state index >= 15 is 0 Å². The highest BCUT2D eigenvalue weighted by Crippen LogP contribution is 2.35. The van der Waals surface area contributed by atoms with E-state index in [9.17, 15) is 4.57 Å². The lowest BCUT2D eigenvalue weighted by Gasteiger charge is -1.96. The van der Waals surface area contributed by atoms with E-state index < -0.39 is 7.65 Å². The molecule has 1 heterocycles. The number of hydrogen-bond acceptors (Lipinski definition) is 2. The zero-order valence-corrected chi connectivity index (χ0v) is 9.83. The van der Waals surface area contributed by atoms with Crippen LogP contribution in [0.2, 0.25) is 5.02 Å². The average molecular weight is 250 g/mol. The van der Waals surface area contributed by atoms with E-state index in [-0.39, 0.29) is 0 Å². The van der Waals surface area contributed by atoms with Crippen LogP contribution in [0.15, 0.2) is 46.7 Å². The van der Waals surface area contributed by atoms with Gasteiger partial charge in [0, 0.05) is 15.8 Å². The zero-order valence-electron chi connectivity index (χ0n) is 8.18. The van der Waals surface area contributed by atoms with Gasteiger partial charge in [0.25, 0.3) is 0 Å². The summed E-state index contributed by atoms with van der Waals surface area (Å²) < 4.78 is 17.2. The lowest BCUT2D eigenvalue weighted by atomic mass is 10.1. The predicted molar refractivity (Wildman–Crippen MR) is 66.3 cm³/mol. The highest BCUT2D eigenvalue weighted by Gasteiger charge is 2.15. The van der Waals surface area contributed by atoms with Crippen molar-refractivity contribution >= 4 is 40.7 Å². The Kier molecular flexibility index (Phi) is 2.20. The molecule has 0 amide bonds. The Hall–Kier alpha value is -1.37. The first-order valence-corrected chi connectivity index (χ1v) is 6.35. The van der Waals surface area contributed by atoms with Gasteiger partial charge < -0.3 is 0 Å². The molecular formula is C12H7ClO2P+. The van der Waals surface area contributed by atoms with Crippen molar-refractivity contribution in [2.45, 2.75) is 0 Å². The van der Waals surface area contributed by atoms with Gasteiger partial charge in [-0.15, -0.1) is 0 Å². The lowest BCUT2D eigenvalue weighted by molar-refractivity contribution is 0.563. The quantitative estimate of drug-likeness (QED) is 0.526. The fourth-order valence-electron chi connectivity index (χ4n) is 1.79. The molecule has 1 unspecified atom stereocenters. The van der Waals surface area contributed by atoms with Gasteiger partial charge in [-0.05, 0) is 34.9 Å². The number of halogens is 1. The molecule has 0 aliphatic heterocycles. The van der Waals surface area contributed by atoms with Crippen LogP contribution >= 0.6 is 19.3 Å². The van der Waals surface area contributed by atoms with Gasteiger partial charge in [0.1, 0.15) is 0 Å². The van der Waals surface area contributed by atoms with Gasteiger partial charge >= 0.3 is 7.65 Å². The summed E-state index contributed by atoms with van der Waals surface area (Å²) in [7, 11) is -1.80. The Labute approximate surface area is 97.3 Å². The molecule has 0 saturated carbocycles. The van der Waals surface area contributed by atoms with Crippen LogP contribution in [0.25, 0.3) is 21.5 Å². The molecule has 2 aromatic carbocycles. The predicted octanol–water partition coefficient (Wildman–Crippen LogP) is 4.98. The summed E-state index contributed by atoms with van der Waals surface area (Å²) in [6.45, 7) is 0. The molecule has 0 aliphatic rings. The Balaban J connectivity index is 2.66. The summed E-state index contributed by atoms with van der Waals surface area (Å²) in [4.78, 5) is 0. The summed E-state index contributed by atoms with van der Waals surface area (Å²) in [5.41, 5.74) is 0.629. The molecule has 3 aromatic rings. The smallest absolute Gasteiger partial charge is 0.250 e. The third kappa shape index (κ3) is 1.42. The largest absolute Gasteiger partial charge is 0.597 e. The van der Waals surface area contributed by atoms with E-state index in [1.807, 2.05) is 30.3 Å². The molecule has 0 N–H and O–H groups in total. The van der Waals surface area contributed by atoms with Crippen LogP contribution in [0, 0.1) is 0 Å². The third-order valence-electron chi connectivity index (χ3n) is 2.51. The normalized spacial score (nSPS) is 12.2. The molecule has 16 heavy (non-hydrogen) atoms. The number of hydrogen-bond donors (Lipinski definition) is 0. The Morgan fingerprint density at radius 2 is 1.88 bits per heavy atom. The van der Waals surface area contributed by atoms with Crippen LogP contribution < -0.4 is 0 Å². The number of fused-ring (bicyclic) bond motifs is 3. The van der Waals surface area contributed by atoms with Crippen molar-refractivity contribution in [3.63, 3.8) is 0 Å². The van der Waals surface area contributed by atoms with Gasteiger partial charge in [-0.3, -0.25) is 0 Å². The second-order valence-electron chi connectivity index (χ2n) is 3.51. The van der Waals surface area contributed by atoms with Crippen LogP contribution in [-0.2, 0) is 4.57 Å². The molecule has 78 valence electrons.